The molecule has 0 aliphatic carbocycles. The van der Waals surface area contributed by atoms with Gasteiger partial charge in [0.25, 0.3) is 5.91 Å². The van der Waals surface area contributed by atoms with Crippen molar-refractivity contribution in [3.8, 4) is 11.5 Å². The van der Waals surface area contributed by atoms with Crippen LogP contribution in [-0.4, -0.2) is 44.2 Å². The molecule has 2 aromatic rings. The number of likely N-dealkylation sites (tertiary alicyclic amines) is 1. The Morgan fingerprint density at radius 2 is 1.62 bits per heavy atom. The summed E-state index contributed by atoms with van der Waals surface area (Å²) in [6.45, 7) is 2.91. The normalized spacial score (nSPS) is 15.5. The Hall–Kier alpha value is -2.53. The van der Waals surface area contributed by atoms with Gasteiger partial charge in [0.15, 0.2) is 0 Å². The Morgan fingerprint density at radius 3 is 2.19 bits per heavy atom. The molecule has 1 saturated heterocycles. The minimum atomic E-state index is -0.138. The van der Waals surface area contributed by atoms with Crippen molar-refractivity contribution >= 4 is 5.91 Å². The highest BCUT2D eigenvalue weighted by Gasteiger charge is 2.24. The van der Waals surface area contributed by atoms with Crippen molar-refractivity contribution in [2.45, 2.75) is 25.4 Å². The van der Waals surface area contributed by atoms with E-state index in [2.05, 4.69) is 34.5 Å². The first-order valence-corrected chi connectivity index (χ1v) is 8.99. The zero-order valence-electron chi connectivity index (χ0n) is 15.4. The summed E-state index contributed by atoms with van der Waals surface area (Å²) in [6, 6.07) is 16.0. The van der Waals surface area contributed by atoms with Crippen molar-refractivity contribution < 1.29 is 14.3 Å². The van der Waals surface area contributed by atoms with Crippen LogP contribution < -0.4 is 14.8 Å². The SMILES string of the molecule is COc1cccc(OC)c1C(=O)NC1CCN(Cc2ccccc2)CC1. The summed E-state index contributed by atoms with van der Waals surface area (Å²) in [6.07, 6.45) is 1.88. The van der Waals surface area contributed by atoms with E-state index < -0.39 is 0 Å². The van der Waals surface area contributed by atoms with Gasteiger partial charge in [-0.3, -0.25) is 9.69 Å². The van der Waals surface area contributed by atoms with Crippen LogP contribution in [0.1, 0.15) is 28.8 Å². The molecule has 0 unspecified atom stereocenters. The number of benzene rings is 2. The molecular formula is C21H26N2O3. The van der Waals surface area contributed by atoms with Gasteiger partial charge in [0, 0.05) is 25.7 Å². The van der Waals surface area contributed by atoms with E-state index >= 15 is 0 Å². The second-order valence-electron chi connectivity index (χ2n) is 6.55. The number of amides is 1. The van der Waals surface area contributed by atoms with E-state index in [-0.39, 0.29) is 11.9 Å². The van der Waals surface area contributed by atoms with Crippen molar-refractivity contribution in [3.63, 3.8) is 0 Å². The third-order valence-electron chi connectivity index (χ3n) is 4.83. The Bertz CT molecular complexity index is 703. The number of hydrogen-bond donors (Lipinski definition) is 1. The molecule has 1 amide bonds. The molecule has 0 saturated carbocycles. The largest absolute Gasteiger partial charge is 0.496 e. The van der Waals surface area contributed by atoms with Crippen LogP contribution in [0.4, 0.5) is 0 Å². The lowest BCUT2D eigenvalue weighted by atomic mass is 10.0. The summed E-state index contributed by atoms with van der Waals surface area (Å²) >= 11 is 0. The van der Waals surface area contributed by atoms with Crippen LogP contribution in [0.2, 0.25) is 0 Å². The number of carbonyl (C=O) groups excluding carboxylic acids is 1. The summed E-state index contributed by atoms with van der Waals surface area (Å²) in [5.41, 5.74) is 1.79. The second kappa shape index (κ2) is 8.72. The molecule has 3 rings (SSSR count). The van der Waals surface area contributed by atoms with Gasteiger partial charge in [-0.15, -0.1) is 0 Å². The number of ether oxygens (including phenoxy) is 2. The maximum absolute atomic E-state index is 12.8. The molecule has 5 heteroatoms. The molecule has 0 bridgehead atoms. The van der Waals surface area contributed by atoms with Crippen LogP contribution >= 0.6 is 0 Å². The van der Waals surface area contributed by atoms with Crippen LogP contribution in [0, 0.1) is 0 Å². The van der Waals surface area contributed by atoms with Gasteiger partial charge >= 0.3 is 0 Å². The maximum atomic E-state index is 12.8. The molecule has 2 aromatic carbocycles. The average molecular weight is 354 g/mol. The van der Waals surface area contributed by atoms with Gasteiger partial charge in [-0.1, -0.05) is 36.4 Å². The van der Waals surface area contributed by atoms with Crippen LogP contribution in [0.5, 0.6) is 11.5 Å². The fourth-order valence-corrected chi connectivity index (χ4v) is 3.41. The number of nitrogens with zero attached hydrogens (tertiary/aromatic N) is 1. The van der Waals surface area contributed by atoms with E-state index in [4.69, 9.17) is 9.47 Å². The molecule has 1 heterocycles. The van der Waals surface area contributed by atoms with E-state index in [1.165, 1.54) is 5.56 Å². The van der Waals surface area contributed by atoms with E-state index in [0.29, 0.717) is 17.1 Å². The first-order valence-electron chi connectivity index (χ1n) is 8.99. The predicted octanol–water partition coefficient (Wildman–Crippen LogP) is 3.10. The van der Waals surface area contributed by atoms with Crippen molar-refractivity contribution in [3.05, 3.63) is 59.7 Å². The topological polar surface area (TPSA) is 50.8 Å². The first-order chi connectivity index (χ1) is 12.7. The molecule has 1 fully saturated rings. The summed E-state index contributed by atoms with van der Waals surface area (Å²) in [4.78, 5) is 15.2. The third kappa shape index (κ3) is 4.35. The number of methoxy groups -OCH3 is 2. The molecule has 0 spiro atoms. The lowest BCUT2D eigenvalue weighted by Crippen LogP contribution is -2.44. The van der Waals surface area contributed by atoms with E-state index in [1.54, 1.807) is 26.4 Å². The fourth-order valence-electron chi connectivity index (χ4n) is 3.41. The highest BCUT2D eigenvalue weighted by molar-refractivity contribution is 5.99. The minimum Gasteiger partial charge on any atom is -0.496 e. The highest BCUT2D eigenvalue weighted by Crippen LogP contribution is 2.28. The fraction of sp³-hybridized carbons (Fsp3) is 0.381. The molecule has 26 heavy (non-hydrogen) atoms. The van der Waals surface area contributed by atoms with Crippen molar-refractivity contribution in [2.75, 3.05) is 27.3 Å². The van der Waals surface area contributed by atoms with Crippen molar-refractivity contribution in [1.29, 1.82) is 0 Å². The zero-order valence-corrected chi connectivity index (χ0v) is 15.4. The monoisotopic (exact) mass is 354 g/mol. The maximum Gasteiger partial charge on any atom is 0.259 e. The second-order valence-corrected chi connectivity index (χ2v) is 6.55. The summed E-state index contributed by atoms with van der Waals surface area (Å²) < 4.78 is 10.7. The summed E-state index contributed by atoms with van der Waals surface area (Å²) in [5, 5.41) is 3.14. The van der Waals surface area contributed by atoms with E-state index in [0.717, 1.165) is 32.5 Å². The molecular weight excluding hydrogens is 328 g/mol. The molecule has 0 aromatic heterocycles. The average Bonchev–Trinajstić information content (AvgIpc) is 2.69. The molecule has 5 nitrogen and oxygen atoms in total. The summed E-state index contributed by atoms with van der Waals surface area (Å²) in [7, 11) is 3.13. The van der Waals surface area contributed by atoms with E-state index in [9.17, 15) is 4.79 Å². The van der Waals surface area contributed by atoms with Crippen molar-refractivity contribution in [2.24, 2.45) is 0 Å². The highest BCUT2D eigenvalue weighted by atomic mass is 16.5. The smallest absolute Gasteiger partial charge is 0.259 e. The number of hydrogen-bond acceptors (Lipinski definition) is 4. The van der Waals surface area contributed by atoms with Gasteiger partial charge in [-0.05, 0) is 30.5 Å². The van der Waals surface area contributed by atoms with Gasteiger partial charge < -0.3 is 14.8 Å². The molecule has 0 atom stereocenters. The number of nitrogens with one attached hydrogen (secondary N) is 1. The molecule has 1 N–H and O–H groups in total. The van der Waals surface area contributed by atoms with E-state index in [1.807, 2.05) is 12.1 Å². The van der Waals surface area contributed by atoms with Crippen molar-refractivity contribution in [1.82, 2.24) is 10.2 Å². The molecule has 0 radical (unpaired) electrons. The molecule has 1 aliphatic rings. The number of piperidine rings is 1. The lowest BCUT2D eigenvalue weighted by Gasteiger charge is -2.32. The Kier molecular flexibility index (Phi) is 6.12. The number of rotatable bonds is 6. The predicted molar refractivity (Wildman–Crippen MR) is 102 cm³/mol. The minimum absolute atomic E-state index is 0.138. The van der Waals surface area contributed by atoms with Gasteiger partial charge in [-0.25, -0.2) is 0 Å². The standard InChI is InChI=1S/C21H26N2O3/c1-25-18-9-6-10-19(26-2)20(18)21(24)22-17-11-13-23(14-12-17)15-16-7-4-3-5-8-16/h3-10,17H,11-15H2,1-2H3,(H,22,24). The van der Waals surface area contributed by atoms with Crippen LogP contribution in [-0.2, 0) is 6.54 Å². The van der Waals surface area contributed by atoms with Gasteiger partial charge in [0.05, 0.1) is 14.2 Å². The van der Waals surface area contributed by atoms with Gasteiger partial charge in [0.2, 0.25) is 0 Å². The van der Waals surface area contributed by atoms with Crippen LogP contribution in [0.15, 0.2) is 48.5 Å². The Morgan fingerprint density at radius 1 is 1.00 bits per heavy atom. The molecule has 1 aliphatic heterocycles. The van der Waals surface area contributed by atoms with Gasteiger partial charge in [-0.2, -0.15) is 0 Å². The van der Waals surface area contributed by atoms with Crippen LogP contribution in [0.3, 0.4) is 0 Å². The van der Waals surface area contributed by atoms with Crippen LogP contribution in [0.25, 0.3) is 0 Å². The molecule has 138 valence electrons. The summed E-state index contributed by atoms with van der Waals surface area (Å²) in [5.74, 6) is 0.924. The third-order valence-corrected chi connectivity index (χ3v) is 4.83. The lowest BCUT2D eigenvalue weighted by molar-refractivity contribution is 0.0902. The van der Waals surface area contributed by atoms with Gasteiger partial charge in [0.1, 0.15) is 17.1 Å². The first kappa shape index (κ1) is 18.3. The zero-order chi connectivity index (χ0) is 18.4. The number of carbonyl (C=O) groups is 1. The Balaban J connectivity index is 1.57. The Labute approximate surface area is 154 Å². The quantitative estimate of drug-likeness (QED) is 0.866.